The molecule has 1 atom stereocenters. The lowest BCUT2D eigenvalue weighted by molar-refractivity contribution is 0.162. The molecule has 2 rings (SSSR count). The molecule has 1 aromatic carbocycles. The van der Waals surface area contributed by atoms with Crippen LogP contribution in [0.2, 0.25) is 5.02 Å². The molecule has 0 aliphatic heterocycles. The van der Waals surface area contributed by atoms with Gasteiger partial charge in [0.2, 0.25) is 0 Å². The van der Waals surface area contributed by atoms with Gasteiger partial charge in [0.1, 0.15) is 18.1 Å². The van der Waals surface area contributed by atoms with Gasteiger partial charge in [-0.05, 0) is 55.3 Å². The van der Waals surface area contributed by atoms with Crippen LogP contribution in [0.3, 0.4) is 0 Å². The Bertz CT molecular complexity index is 580. The van der Waals surface area contributed by atoms with Crippen molar-refractivity contribution >= 4 is 11.6 Å². The Morgan fingerprint density at radius 2 is 2.10 bits per heavy atom. The fraction of sp³-hybridized carbons (Fsp3) is 0.412. The Labute approximate surface area is 131 Å². The summed E-state index contributed by atoms with van der Waals surface area (Å²) >= 11 is 6.16. The lowest BCUT2D eigenvalue weighted by atomic mass is 9.99. The van der Waals surface area contributed by atoms with E-state index in [1.807, 2.05) is 30.3 Å². The second-order valence-electron chi connectivity index (χ2n) is 5.13. The topological polar surface area (TPSA) is 34.4 Å². The van der Waals surface area contributed by atoms with Crippen LogP contribution >= 0.6 is 11.6 Å². The summed E-state index contributed by atoms with van der Waals surface area (Å²) in [6.45, 7) is 5.63. The minimum Gasteiger partial charge on any atom is -0.462 e. The third-order valence-electron chi connectivity index (χ3n) is 3.40. The molecule has 0 radical (unpaired) electrons. The molecule has 1 N–H and O–H groups in total. The van der Waals surface area contributed by atoms with E-state index in [1.54, 1.807) is 7.11 Å². The van der Waals surface area contributed by atoms with Crippen molar-refractivity contribution in [2.24, 2.45) is 0 Å². The van der Waals surface area contributed by atoms with Crippen molar-refractivity contribution in [3.63, 3.8) is 0 Å². The monoisotopic (exact) mass is 307 g/mol. The van der Waals surface area contributed by atoms with Crippen molar-refractivity contribution in [2.75, 3.05) is 13.7 Å². The largest absolute Gasteiger partial charge is 0.462 e. The van der Waals surface area contributed by atoms with Crippen LogP contribution in [0.15, 0.2) is 34.7 Å². The Kier molecular flexibility index (Phi) is 5.85. The molecule has 4 heteroatoms. The van der Waals surface area contributed by atoms with E-state index < -0.39 is 0 Å². The van der Waals surface area contributed by atoms with Gasteiger partial charge in [-0.15, -0.1) is 0 Å². The summed E-state index contributed by atoms with van der Waals surface area (Å²) in [6.07, 6.45) is 1.06. The minimum atomic E-state index is 0.00857. The van der Waals surface area contributed by atoms with Crippen molar-refractivity contribution in [1.82, 2.24) is 5.32 Å². The molecule has 0 saturated carbocycles. The van der Waals surface area contributed by atoms with Gasteiger partial charge >= 0.3 is 0 Å². The molecule has 0 bridgehead atoms. The first kappa shape index (κ1) is 16.1. The molecule has 21 heavy (non-hydrogen) atoms. The first-order valence-corrected chi connectivity index (χ1v) is 7.60. The minimum absolute atomic E-state index is 0.00857. The highest BCUT2D eigenvalue weighted by atomic mass is 35.5. The summed E-state index contributed by atoms with van der Waals surface area (Å²) < 4.78 is 11.0. The fourth-order valence-electron chi connectivity index (χ4n) is 2.34. The normalized spacial score (nSPS) is 12.6. The van der Waals surface area contributed by atoms with E-state index in [2.05, 4.69) is 19.2 Å². The number of nitrogens with one attached hydrogen (secondary N) is 1. The van der Waals surface area contributed by atoms with Crippen LogP contribution in [-0.4, -0.2) is 13.7 Å². The quantitative estimate of drug-likeness (QED) is 0.819. The SMILES string of the molecule is CCCNC(c1ccc(COC)o1)c1cc(Cl)ccc1C. The second-order valence-corrected chi connectivity index (χ2v) is 5.56. The summed E-state index contributed by atoms with van der Waals surface area (Å²) in [6, 6.07) is 9.92. The molecule has 0 spiro atoms. The lowest BCUT2D eigenvalue weighted by Crippen LogP contribution is -2.23. The number of hydrogen-bond acceptors (Lipinski definition) is 3. The molecule has 114 valence electrons. The number of halogens is 1. The summed E-state index contributed by atoms with van der Waals surface area (Å²) in [4.78, 5) is 0. The van der Waals surface area contributed by atoms with Crippen molar-refractivity contribution in [3.8, 4) is 0 Å². The van der Waals surface area contributed by atoms with Crippen LogP contribution in [-0.2, 0) is 11.3 Å². The molecule has 2 aromatic rings. The van der Waals surface area contributed by atoms with Gasteiger partial charge in [0.25, 0.3) is 0 Å². The summed E-state index contributed by atoms with van der Waals surface area (Å²) in [5, 5.41) is 4.27. The highest BCUT2D eigenvalue weighted by Gasteiger charge is 2.19. The van der Waals surface area contributed by atoms with Gasteiger partial charge in [-0.3, -0.25) is 0 Å². The third-order valence-corrected chi connectivity index (χ3v) is 3.64. The smallest absolute Gasteiger partial charge is 0.129 e. The molecule has 1 heterocycles. The highest BCUT2D eigenvalue weighted by Crippen LogP contribution is 2.29. The van der Waals surface area contributed by atoms with Crippen LogP contribution in [0.25, 0.3) is 0 Å². The van der Waals surface area contributed by atoms with E-state index in [9.17, 15) is 0 Å². The van der Waals surface area contributed by atoms with Crippen molar-refractivity contribution in [1.29, 1.82) is 0 Å². The molecule has 0 saturated heterocycles. The average molecular weight is 308 g/mol. The van der Waals surface area contributed by atoms with Gasteiger partial charge in [-0.25, -0.2) is 0 Å². The number of furan rings is 1. The zero-order chi connectivity index (χ0) is 15.2. The summed E-state index contributed by atoms with van der Waals surface area (Å²) in [5.74, 6) is 1.72. The lowest BCUT2D eigenvalue weighted by Gasteiger charge is -2.19. The maximum absolute atomic E-state index is 6.16. The van der Waals surface area contributed by atoms with Gasteiger partial charge in [0, 0.05) is 12.1 Å². The standard InChI is InChI=1S/C17H22ClNO2/c1-4-9-19-17(15-10-13(18)6-5-12(15)2)16-8-7-14(21-16)11-20-3/h5-8,10,17,19H,4,9,11H2,1-3H3. The molecule has 3 nitrogen and oxygen atoms in total. The van der Waals surface area contributed by atoms with E-state index in [0.717, 1.165) is 35.1 Å². The van der Waals surface area contributed by atoms with Crippen LogP contribution < -0.4 is 5.32 Å². The van der Waals surface area contributed by atoms with Gasteiger partial charge in [-0.2, -0.15) is 0 Å². The van der Waals surface area contributed by atoms with E-state index in [-0.39, 0.29) is 6.04 Å². The van der Waals surface area contributed by atoms with Crippen molar-refractivity contribution < 1.29 is 9.15 Å². The second kappa shape index (κ2) is 7.64. The fourth-order valence-corrected chi connectivity index (χ4v) is 2.52. The number of methoxy groups -OCH3 is 1. The van der Waals surface area contributed by atoms with E-state index in [1.165, 1.54) is 5.56 Å². The van der Waals surface area contributed by atoms with E-state index >= 15 is 0 Å². The Hall–Kier alpha value is -1.29. The zero-order valence-corrected chi connectivity index (χ0v) is 13.5. The first-order valence-electron chi connectivity index (χ1n) is 7.22. The number of aryl methyl sites for hydroxylation is 1. The van der Waals surface area contributed by atoms with Crippen molar-refractivity contribution in [2.45, 2.75) is 32.9 Å². The number of benzene rings is 1. The van der Waals surface area contributed by atoms with E-state index in [0.29, 0.717) is 6.61 Å². The number of ether oxygens (including phenoxy) is 1. The van der Waals surface area contributed by atoms with E-state index in [4.69, 9.17) is 20.8 Å². The first-order chi connectivity index (χ1) is 10.2. The maximum atomic E-state index is 6.16. The molecule has 0 aliphatic rings. The van der Waals surface area contributed by atoms with Gasteiger partial charge in [0.15, 0.2) is 0 Å². The Morgan fingerprint density at radius 3 is 2.81 bits per heavy atom. The highest BCUT2D eigenvalue weighted by molar-refractivity contribution is 6.30. The predicted molar refractivity (Wildman–Crippen MR) is 85.7 cm³/mol. The molecular formula is C17H22ClNO2. The van der Waals surface area contributed by atoms with Crippen LogP contribution in [0, 0.1) is 6.92 Å². The number of hydrogen-bond donors (Lipinski definition) is 1. The molecule has 0 amide bonds. The molecule has 1 unspecified atom stereocenters. The van der Waals surface area contributed by atoms with Gasteiger partial charge in [0.05, 0.1) is 6.04 Å². The molecule has 0 aliphatic carbocycles. The van der Waals surface area contributed by atoms with Gasteiger partial charge in [-0.1, -0.05) is 24.6 Å². The zero-order valence-electron chi connectivity index (χ0n) is 12.8. The van der Waals surface area contributed by atoms with Crippen LogP contribution in [0.4, 0.5) is 0 Å². The molecular weight excluding hydrogens is 286 g/mol. The van der Waals surface area contributed by atoms with Gasteiger partial charge < -0.3 is 14.5 Å². The Balaban J connectivity index is 2.34. The molecule has 1 aromatic heterocycles. The summed E-state index contributed by atoms with van der Waals surface area (Å²) in [5.41, 5.74) is 2.34. The predicted octanol–water partition coefficient (Wildman–Crippen LogP) is 4.48. The van der Waals surface area contributed by atoms with Crippen molar-refractivity contribution in [3.05, 3.63) is 58.0 Å². The van der Waals surface area contributed by atoms with Crippen LogP contribution in [0.1, 0.15) is 42.0 Å². The molecule has 0 fully saturated rings. The van der Waals surface area contributed by atoms with Crippen LogP contribution in [0.5, 0.6) is 0 Å². The maximum Gasteiger partial charge on any atom is 0.129 e. The average Bonchev–Trinajstić information content (AvgIpc) is 2.92. The Morgan fingerprint density at radius 1 is 1.29 bits per heavy atom. The third kappa shape index (κ3) is 4.10. The number of rotatable bonds is 7. The summed E-state index contributed by atoms with van der Waals surface area (Å²) in [7, 11) is 1.66.